The first kappa shape index (κ1) is 14.3. The topological polar surface area (TPSA) is 83.6 Å². The van der Waals surface area contributed by atoms with Crippen molar-refractivity contribution in [1.82, 2.24) is 4.31 Å². The number of piperidine rings is 1. The number of benzene rings is 1. The number of anilines is 1. The van der Waals surface area contributed by atoms with Crippen LogP contribution in [0.25, 0.3) is 0 Å². The third-order valence-corrected chi connectivity index (χ3v) is 5.71. The van der Waals surface area contributed by atoms with E-state index in [4.69, 9.17) is 5.73 Å². The number of aliphatic hydroxyl groups is 1. The van der Waals surface area contributed by atoms with Crippen LogP contribution in [0, 0.1) is 13.8 Å². The molecule has 0 amide bonds. The zero-order valence-corrected chi connectivity index (χ0v) is 12.1. The van der Waals surface area contributed by atoms with Gasteiger partial charge in [0.05, 0.1) is 11.0 Å². The van der Waals surface area contributed by atoms with Gasteiger partial charge in [0.25, 0.3) is 0 Å². The Bertz CT molecular complexity index is 576. The first-order valence-corrected chi connectivity index (χ1v) is 7.81. The fourth-order valence-electron chi connectivity index (χ4n) is 2.34. The van der Waals surface area contributed by atoms with E-state index < -0.39 is 16.1 Å². The van der Waals surface area contributed by atoms with Crippen molar-refractivity contribution in [2.75, 3.05) is 18.8 Å². The molecule has 0 bridgehead atoms. The van der Waals surface area contributed by atoms with Crippen LogP contribution in [0.15, 0.2) is 17.0 Å². The van der Waals surface area contributed by atoms with Crippen molar-refractivity contribution in [3.63, 3.8) is 0 Å². The number of hydrogen-bond donors (Lipinski definition) is 2. The maximum atomic E-state index is 12.6. The van der Waals surface area contributed by atoms with Gasteiger partial charge in [0.1, 0.15) is 0 Å². The van der Waals surface area contributed by atoms with Crippen molar-refractivity contribution in [2.45, 2.75) is 37.7 Å². The molecule has 106 valence electrons. The Hall–Kier alpha value is -1.11. The largest absolute Gasteiger partial charge is 0.399 e. The highest BCUT2D eigenvalue weighted by Crippen LogP contribution is 2.27. The summed E-state index contributed by atoms with van der Waals surface area (Å²) in [7, 11) is -3.52. The van der Waals surface area contributed by atoms with E-state index in [1.165, 1.54) is 10.4 Å². The van der Waals surface area contributed by atoms with Gasteiger partial charge in [0.15, 0.2) is 0 Å². The van der Waals surface area contributed by atoms with Gasteiger partial charge in [0, 0.05) is 18.8 Å². The van der Waals surface area contributed by atoms with Crippen LogP contribution < -0.4 is 5.73 Å². The molecule has 1 aliphatic heterocycles. The summed E-state index contributed by atoms with van der Waals surface area (Å²) >= 11 is 0. The molecular weight excluding hydrogens is 264 g/mol. The lowest BCUT2D eigenvalue weighted by molar-refractivity contribution is 0.113. The Morgan fingerprint density at radius 3 is 2.42 bits per heavy atom. The molecule has 1 fully saturated rings. The molecule has 1 heterocycles. The highest BCUT2D eigenvalue weighted by molar-refractivity contribution is 7.89. The summed E-state index contributed by atoms with van der Waals surface area (Å²) in [6.45, 7) is 4.36. The first-order valence-electron chi connectivity index (χ1n) is 6.37. The van der Waals surface area contributed by atoms with Gasteiger partial charge in [-0.25, -0.2) is 8.42 Å². The summed E-state index contributed by atoms with van der Waals surface area (Å²) in [4.78, 5) is 0.279. The molecule has 0 unspecified atom stereocenters. The molecule has 0 radical (unpaired) electrons. The van der Waals surface area contributed by atoms with E-state index in [0.717, 1.165) is 11.1 Å². The van der Waals surface area contributed by atoms with Gasteiger partial charge in [0.2, 0.25) is 10.0 Å². The van der Waals surface area contributed by atoms with Crippen molar-refractivity contribution in [2.24, 2.45) is 0 Å². The number of sulfonamides is 1. The van der Waals surface area contributed by atoms with Crippen LogP contribution in [0.5, 0.6) is 0 Å². The average Bonchev–Trinajstić information content (AvgIpc) is 2.34. The second-order valence-corrected chi connectivity index (χ2v) is 7.00. The van der Waals surface area contributed by atoms with Crippen LogP contribution >= 0.6 is 0 Å². The minimum atomic E-state index is -3.52. The lowest BCUT2D eigenvalue weighted by atomic mass is 10.1. The second kappa shape index (κ2) is 5.11. The molecular formula is C13H20N2O3S. The molecule has 3 N–H and O–H groups in total. The molecule has 0 aromatic heterocycles. The normalized spacial score (nSPS) is 18.7. The molecule has 1 aliphatic rings. The zero-order chi connectivity index (χ0) is 14.2. The quantitative estimate of drug-likeness (QED) is 0.795. The van der Waals surface area contributed by atoms with E-state index in [1.54, 1.807) is 13.0 Å². The monoisotopic (exact) mass is 284 g/mol. The minimum Gasteiger partial charge on any atom is -0.399 e. The second-order valence-electron chi connectivity index (χ2n) is 5.10. The highest BCUT2D eigenvalue weighted by Gasteiger charge is 2.30. The fourth-order valence-corrected chi connectivity index (χ4v) is 4.15. The van der Waals surface area contributed by atoms with Crippen molar-refractivity contribution in [3.8, 4) is 0 Å². The van der Waals surface area contributed by atoms with Crippen molar-refractivity contribution < 1.29 is 13.5 Å². The number of aliphatic hydroxyl groups excluding tert-OH is 1. The van der Waals surface area contributed by atoms with Crippen molar-refractivity contribution in [1.29, 1.82) is 0 Å². The number of nitrogens with two attached hydrogens (primary N) is 1. The SMILES string of the molecule is Cc1cc(N)cc(S(=O)(=O)N2CCC(O)CC2)c1C. The maximum absolute atomic E-state index is 12.6. The van der Waals surface area contributed by atoms with Gasteiger partial charge >= 0.3 is 0 Å². The number of nitrogen functional groups attached to an aromatic ring is 1. The molecule has 5 nitrogen and oxygen atoms in total. The molecule has 19 heavy (non-hydrogen) atoms. The summed E-state index contributed by atoms with van der Waals surface area (Å²) in [5.41, 5.74) is 7.82. The predicted octanol–water partition coefficient (Wildman–Crippen LogP) is 1.03. The molecule has 1 aromatic rings. The van der Waals surface area contributed by atoms with Gasteiger partial charge < -0.3 is 10.8 Å². The Labute approximate surface area is 114 Å². The Balaban J connectivity index is 2.40. The third-order valence-electron chi connectivity index (χ3n) is 3.68. The number of rotatable bonds is 2. The minimum absolute atomic E-state index is 0.279. The number of nitrogens with zero attached hydrogens (tertiary/aromatic N) is 1. The van der Waals surface area contributed by atoms with Crippen LogP contribution in [0.1, 0.15) is 24.0 Å². The summed E-state index contributed by atoms with van der Waals surface area (Å²) in [6, 6.07) is 3.29. The van der Waals surface area contributed by atoms with Crippen molar-refractivity contribution >= 4 is 15.7 Å². The first-order chi connectivity index (χ1) is 8.82. The van der Waals surface area contributed by atoms with Gasteiger partial charge in [-0.3, -0.25) is 0 Å². The van der Waals surface area contributed by atoms with Gasteiger partial charge in [-0.1, -0.05) is 0 Å². The summed E-state index contributed by atoms with van der Waals surface area (Å²) in [5, 5.41) is 9.46. The lowest BCUT2D eigenvalue weighted by Crippen LogP contribution is -2.40. The Kier molecular flexibility index (Phi) is 3.85. The van der Waals surface area contributed by atoms with E-state index in [1.807, 2.05) is 6.92 Å². The van der Waals surface area contributed by atoms with Crippen LogP contribution in [-0.4, -0.2) is 37.0 Å². The molecule has 0 spiro atoms. The highest BCUT2D eigenvalue weighted by atomic mass is 32.2. The number of aryl methyl sites for hydroxylation is 1. The Morgan fingerprint density at radius 2 is 1.84 bits per heavy atom. The van der Waals surface area contributed by atoms with Crippen LogP contribution in [0.3, 0.4) is 0 Å². The van der Waals surface area contributed by atoms with Gasteiger partial charge in [-0.15, -0.1) is 0 Å². The number of hydrogen-bond acceptors (Lipinski definition) is 4. The van der Waals surface area contributed by atoms with E-state index in [-0.39, 0.29) is 4.90 Å². The average molecular weight is 284 g/mol. The predicted molar refractivity (Wildman–Crippen MR) is 74.3 cm³/mol. The summed E-state index contributed by atoms with van der Waals surface area (Å²) in [5.74, 6) is 0. The van der Waals surface area contributed by atoms with Gasteiger partial charge in [-0.05, 0) is 49.9 Å². The standard InChI is InChI=1S/C13H20N2O3S/c1-9-7-11(14)8-13(10(9)2)19(17,18)15-5-3-12(16)4-6-15/h7-8,12,16H,3-6,14H2,1-2H3. The molecule has 0 saturated carbocycles. The third kappa shape index (κ3) is 2.75. The summed E-state index contributed by atoms with van der Waals surface area (Å²) in [6.07, 6.45) is 0.578. The molecule has 1 saturated heterocycles. The van der Waals surface area contributed by atoms with Crippen LogP contribution in [0.2, 0.25) is 0 Å². The molecule has 2 rings (SSSR count). The fraction of sp³-hybridized carbons (Fsp3) is 0.538. The van der Waals surface area contributed by atoms with Crippen LogP contribution in [0.4, 0.5) is 5.69 Å². The van der Waals surface area contributed by atoms with Crippen molar-refractivity contribution in [3.05, 3.63) is 23.3 Å². The lowest BCUT2D eigenvalue weighted by Gasteiger charge is -2.29. The van der Waals surface area contributed by atoms with E-state index in [2.05, 4.69) is 0 Å². The van der Waals surface area contributed by atoms with E-state index in [9.17, 15) is 13.5 Å². The molecule has 1 aromatic carbocycles. The van der Waals surface area contributed by atoms with Gasteiger partial charge in [-0.2, -0.15) is 4.31 Å². The smallest absolute Gasteiger partial charge is 0.243 e. The molecule has 0 atom stereocenters. The zero-order valence-electron chi connectivity index (χ0n) is 11.3. The van der Waals surface area contributed by atoms with E-state index in [0.29, 0.717) is 31.6 Å². The molecule has 6 heteroatoms. The van der Waals surface area contributed by atoms with E-state index >= 15 is 0 Å². The summed E-state index contributed by atoms with van der Waals surface area (Å²) < 4.78 is 26.6. The van der Waals surface area contributed by atoms with Crippen LogP contribution in [-0.2, 0) is 10.0 Å². The molecule has 0 aliphatic carbocycles. The maximum Gasteiger partial charge on any atom is 0.243 e. The Morgan fingerprint density at radius 1 is 1.26 bits per heavy atom.